The predicted molar refractivity (Wildman–Crippen MR) is 118 cm³/mol. The second-order valence-corrected chi connectivity index (χ2v) is 10.0. The number of benzene rings is 2. The summed E-state index contributed by atoms with van der Waals surface area (Å²) in [6.07, 6.45) is 4.55. The lowest BCUT2D eigenvalue weighted by atomic mass is 9.78. The molecular formula is C22H24ClN3O3S. The summed E-state index contributed by atoms with van der Waals surface area (Å²) < 4.78 is 29.1. The number of rotatable bonds is 6. The van der Waals surface area contributed by atoms with Crippen LogP contribution in [0.1, 0.15) is 44.1 Å². The number of amides is 1. The Hall–Kier alpha value is -2.38. The molecule has 30 heavy (non-hydrogen) atoms. The van der Waals surface area contributed by atoms with E-state index >= 15 is 0 Å². The third-order valence-corrected chi connectivity index (χ3v) is 7.59. The summed E-state index contributed by atoms with van der Waals surface area (Å²) in [4.78, 5) is 12.9. The summed E-state index contributed by atoms with van der Waals surface area (Å²) in [7, 11) is -3.73. The summed E-state index contributed by atoms with van der Waals surface area (Å²) in [5.41, 5.74) is 1.12. The fourth-order valence-corrected chi connectivity index (χ4v) is 5.73. The number of carbonyl (C=O) groups is 1. The Kier molecular flexibility index (Phi) is 5.84. The van der Waals surface area contributed by atoms with Crippen LogP contribution >= 0.6 is 11.6 Å². The van der Waals surface area contributed by atoms with E-state index < -0.39 is 10.0 Å². The van der Waals surface area contributed by atoms with Crippen LogP contribution in [0.5, 0.6) is 0 Å². The van der Waals surface area contributed by atoms with Gasteiger partial charge in [-0.3, -0.25) is 4.79 Å². The van der Waals surface area contributed by atoms with Crippen molar-refractivity contribution in [2.24, 2.45) is 9.81 Å². The van der Waals surface area contributed by atoms with Crippen LogP contribution in [-0.4, -0.2) is 20.2 Å². The monoisotopic (exact) mass is 445 g/mol. The number of anilines is 1. The Morgan fingerprint density at radius 3 is 2.57 bits per heavy atom. The smallest absolute Gasteiger partial charge is 0.286 e. The molecule has 0 aromatic heterocycles. The van der Waals surface area contributed by atoms with Gasteiger partial charge in [0, 0.05) is 24.4 Å². The van der Waals surface area contributed by atoms with Gasteiger partial charge in [0.25, 0.3) is 10.0 Å². The lowest BCUT2D eigenvalue weighted by Gasteiger charge is -2.30. The number of hydrogen-bond acceptors (Lipinski definition) is 4. The van der Waals surface area contributed by atoms with E-state index in [0.717, 1.165) is 31.2 Å². The van der Waals surface area contributed by atoms with E-state index in [1.54, 1.807) is 30.3 Å². The van der Waals surface area contributed by atoms with Crippen LogP contribution in [0.3, 0.4) is 0 Å². The molecule has 0 spiro atoms. The number of sulfonamides is 1. The van der Waals surface area contributed by atoms with Crippen LogP contribution in [0.2, 0.25) is 5.02 Å². The average Bonchev–Trinajstić information content (AvgIpc) is 3.14. The van der Waals surface area contributed by atoms with Crippen molar-refractivity contribution in [3.05, 3.63) is 59.1 Å². The first-order valence-corrected chi connectivity index (χ1v) is 11.9. The Morgan fingerprint density at radius 2 is 1.80 bits per heavy atom. The van der Waals surface area contributed by atoms with E-state index in [9.17, 15) is 13.2 Å². The van der Waals surface area contributed by atoms with Crippen molar-refractivity contribution in [3.63, 3.8) is 0 Å². The Morgan fingerprint density at radius 1 is 1.10 bits per heavy atom. The first-order chi connectivity index (χ1) is 14.4. The van der Waals surface area contributed by atoms with Gasteiger partial charge >= 0.3 is 0 Å². The number of fused-ring (bicyclic) bond motifs is 1. The zero-order chi connectivity index (χ0) is 21.2. The minimum absolute atomic E-state index is 0.0588. The SMILES string of the molecule is O=C(CC1(CC2=NS(=O)(=O)c3ccccc3N2)CCCC1)NCc1ccccc1Cl. The third-order valence-electron chi connectivity index (χ3n) is 5.85. The first kappa shape index (κ1) is 20.9. The predicted octanol–water partition coefficient (Wildman–Crippen LogP) is 4.51. The fourth-order valence-electron chi connectivity index (χ4n) is 4.38. The van der Waals surface area contributed by atoms with E-state index in [4.69, 9.17) is 11.6 Å². The maximum absolute atomic E-state index is 12.7. The van der Waals surface area contributed by atoms with Crippen molar-refractivity contribution < 1.29 is 13.2 Å². The molecule has 1 aliphatic carbocycles. The van der Waals surface area contributed by atoms with Crippen LogP contribution in [0.25, 0.3) is 0 Å². The minimum Gasteiger partial charge on any atom is -0.352 e. The summed E-state index contributed by atoms with van der Waals surface area (Å²) in [5.74, 6) is 0.353. The minimum atomic E-state index is -3.73. The van der Waals surface area contributed by atoms with Gasteiger partial charge in [-0.05, 0) is 42.0 Å². The second kappa shape index (κ2) is 8.40. The number of hydrogen-bond donors (Lipinski definition) is 2. The summed E-state index contributed by atoms with van der Waals surface area (Å²) in [5, 5.41) is 6.75. The van der Waals surface area contributed by atoms with Gasteiger partial charge in [0.1, 0.15) is 10.7 Å². The molecule has 2 aromatic carbocycles. The normalized spacial score (nSPS) is 18.8. The fraction of sp³-hybridized carbons (Fsp3) is 0.364. The van der Waals surface area contributed by atoms with Gasteiger partial charge in [-0.1, -0.05) is 54.8 Å². The molecule has 0 unspecified atom stereocenters. The zero-order valence-corrected chi connectivity index (χ0v) is 18.1. The van der Waals surface area contributed by atoms with Gasteiger partial charge in [0.05, 0.1) is 5.69 Å². The number of nitrogens with one attached hydrogen (secondary N) is 2. The lowest BCUT2D eigenvalue weighted by Crippen LogP contribution is -2.34. The van der Waals surface area contributed by atoms with Crippen LogP contribution in [-0.2, 0) is 21.4 Å². The molecule has 6 nitrogen and oxygen atoms in total. The van der Waals surface area contributed by atoms with Gasteiger partial charge in [-0.25, -0.2) is 0 Å². The lowest BCUT2D eigenvalue weighted by molar-refractivity contribution is -0.123. The maximum atomic E-state index is 12.7. The molecule has 158 valence electrons. The van der Waals surface area contributed by atoms with Crippen LogP contribution < -0.4 is 10.6 Å². The number of para-hydroxylation sites is 1. The molecule has 2 N–H and O–H groups in total. The van der Waals surface area contributed by atoms with Gasteiger partial charge in [0.2, 0.25) is 5.91 Å². The number of amidine groups is 1. The van der Waals surface area contributed by atoms with Crippen LogP contribution in [0.4, 0.5) is 5.69 Å². The Bertz CT molecular complexity index is 1090. The Balaban J connectivity index is 1.47. The molecule has 1 amide bonds. The third kappa shape index (κ3) is 4.52. The highest BCUT2D eigenvalue weighted by Crippen LogP contribution is 2.45. The summed E-state index contributed by atoms with van der Waals surface area (Å²) in [6.45, 7) is 0.371. The zero-order valence-electron chi connectivity index (χ0n) is 16.5. The quantitative estimate of drug-likeness (QED) is 0.684. The summed E-state index contributed by atoms with van der Waals surface area (Å²) >= 11 is 6.17. The van der Waals surface area contributed by atoms with E-state index in [1.807, 2.05) is 18.2 Å². The number of carbonyl (C=O) groups excluding carboxylic acids is 1. The first-order valence-electron chi connectivity index (χ1n) is 10.1. The molecule has 0 bridgehead atoms. The number of halogens is 1. The molecule has 0 radical (unpaired) electrons. The van der Waals surface area contributed by atoms with Crippen molar-refractivity contribution in [3.8, 4) is 0 Å². The van der Waals surface area contributed by atoms with E-state index in [0.29, 0.717) is 35.9 Å². The van der Waals surface area contributed by atoms with Crippen molar-refractivity contribution >= 4 is 39.1 Å². The van der Waals surface area contributed by atoms with Crippen LogP contribution in [0, 0.1) is 5.41 Å². The molecule has 8 heteroatoms. The Labute approximate surface area is 181 Å². The van der Waals surface area contributed by atoms with Crippen molar-refractivity contribution in [1.82, 2.24) is 5.32 Å². The summed E-state index contributed by atoms with van der Waals surface area (Å²) in [6, 6.07) is 14.2. The van der Waals surface area contributed by atoms with Crippen molar-refractivity contribution in [2.45, 2.75) is 50.0 Å². The van der Waals surface area contributed by atoms with Gasteiger partial charge in [0.15, 0.2) is 0 Å². The standard InChI is InChI=1S/C22H24ClN3O3S/c23-17-8-2-1-7-16(17)15-24-21(27)14-22(11-5-6-12-22)13-20-25-18-9-3-4-10-19(18)30(28,29)26-20/h1-4,7-10H,5-6,11-15H2,(H,24,27)(H,25,26). The molecular weight excluding hydrogens is 422 g/mol. The number of nitrogens with zero attached hydrogens (tertiary/aromatic N) is 1. The highest BCUT2D eigenvalue weighted by Gasteiger charge is 2.38. The van der Waals surface area contributed by atoms with Gasteiger partial charge in [-0.15, -0.1) is 4.40 Å². The highest BCUT2D eigenvalue weighted by atomic mass is 35.5. The molecule has 1 heterocycles. The van der Waals surface area contributed by atoms with Gasteiger partial charge in [-0.2, -0.15) is 8.42 Å². The average molecular weight is 446 g/mol. The molecule has 0 saturated heterocycles. The highest BCUT2D eigenvalue weighted by molar-refractivity contribution is 7.90. The van der Waals surface area contributed by atoms with Crippen molar-refractivity contribution in [2.75, 3.05) is 5.32 Å². The molecule has 2 aromatic rings. The largest absolute Gasteiger partial charge is 0.352 e. The molecule has 1 aliphatic heterocycles. The molecule has 1 saturated carbocycles. The van der Waals surface area contributed by atoms with E-state index in [1.165, 1.54) is 0 Å². The molecule has 1 fully saturated rings. The van der Waals surface area contributed by atoms with Gasteiger partial charge < -0.3 is 10.6 Å². The van der Waals surface area contributed by atoms with Crippen LogP contribution in [0.15, 0.2) is 57.8 Å². The molecule has 0 atom stereocenters. The maximum Gasteiger partial charge on any atom is 0.286 e. The molecule has 4 rings (SSSR count). The second-order valence-electron chi connectivity index (χ2n) is 8.06. The van der Waals surface area contributed by atoms with E-state index in [-0.39, 0.29) is 16.2 Å². The topological polar surface area (TPSA) is 87.6 Å². The van der Waals surface area contributed by atoms with E-state index in [2.05, 4.69) is 15.0 Å². The van der Waals surface area contributed by atoms with Crippen molar-refractivity contribution in [1.29, 1.82) is 0 Å². The molecule has 2 aliphatic rings.